The van der Waals surface area contributed by atoms with Crippen molar-refractivity contribution in [2.24, 2.45) is 0 Å². The minimum absolute atomic E-state index is 0.336. The molecule has 0 aromatic heterocycles. The number of anilines is 1. The summed E-state index contributed by atoms with van der Waals surface area (Å²) >= 11 is 8.62. The van der Waals surface area contributed by atoms with Crippen LogP contribution < -0.4 is 10.1 Å². The SMILES string of the molecule is COc1c(C)cc(Cl)cc1NC(=O)Br. The van der Waals surface area contributed by atoms with Crippen molar-refractivity contribution in [3.63, 3.8) is 0 Å². The molecule has 0 aliphatic rings. The molecule has 0 atom stereocenters. The summed E-state index contributed by atoms with van der Waals surface area (Å²) < 4.78 is 5.14. The molecule has 14 heavy (non-hydrogen) atoms. The minimum atomic E-state index is -0.336. The molecule has 0 bridgehead atoms. The summed E-state index contributed by atoms with van der Waals surface area (Å²) in [5.41, 5.74) is 1.43. The van der Waals surface area contributed by atoms with Crippen molar-refractivity contribution >= 4 is 38.0 Å². The Bertz CT molecular complexity index is 368. The number of hydrogen-bond acceptors (Lipinski definition) is 2. The van der Waals surface area contributed by atoms with Crippen LogP contribution in [0.25, 0.3) is 0 Å². The smallest absolute Gasteiger partial charge is 0.291 e. The molecule has 0 aliphatic heterocycles. The maximum absolute atomic E-state index is 10.8. The molecule has 1 aromatic carbocycles. The summed E-state index contributed by atoms with van der Waals surface area (Å²) in [5.74, 6) is 0.613. The second-order valence-electron chi connectivity index (χ2n) is 2.70. The Morgan fingerprint density at radius 1 is 1.57 bits per heavy atom. The van der Waals surface area contributed by atoms with E-state index in [4.69, 9.17) is 16.3 Å². The van der Waals surface area contributed by atoms with E-state index in [9.17, 15) is 4.79 Å². The molecule has 0 saturated heterocycles. The van der Waals surface area contributed by atoms with Crippen molar-refractivity contribution < 1.29 is 9.53 Å². The maximum Gasteiger partial charge on any atom is 0.291 e. The van der Waals surface area contributed by atoms with Crippen LogP contribution in [0.2, 0.25) is 5.02 Å². The van der Waals surface area contributed by atoms with Gasteiger partial charge in [-0.3, -0.25) is 4.79 Å². The third kappa shape index (κ3) is 2.62. The summed E-state index contributed by atoms with van der Waals surface area (Å²) in [6.45, 7) is 1.86. The van der Waals surface area contributed by atoms with E-state index in [0.717, 1.165) is 5.56 Å². The number of ether oxygens (including phenoxy) is 1. The predicted molar refractivity (Wildman–Crippen MR) is 60.7 cm³/mol. The summed E-state index contributed by atoms with van der Waals surface area (Å²) in [6, 6.07) is 3.40. The highest BCUT2D eigenvalue weighted by Gasteiger charge is 2.09. The van der Waals surface area contributed by atoms with Crippen LogP contribution in [-0.2, 0) is 0 Å². The summed E-state index contributed by atoms with van der Waals surface area (Å²) in [7, 11) is 1.54. The summed E-state index contributed by atoms with van der Waals surface area (Å²) in [4.78, 5) is 10.5. The van der Waals surface area contributed by atoms with Crippen LogP contribution in [0, 0.1) is 6.92 Å². The molecule has 0 heterocycles. The highest BCUT2D eigenvalue weighted by Crippen LogP contribution is 2.32. The van der Waals surface area contributed by atoms with Crippen LogP contribution in [0.5, 0.6) is 5.75 Å². The number of carbonyl (C=O) groups is 1. The lowest BCUT2D eigenvalue weighted by molar-refractivity contribution is 0.270. The molecule has 0 saturated carbocycles. The zero-order valence-corrected chi connectivity index (χ0v) is 10.1. The van der Waals surface area contributed by atoms with Gasteiger partial charge in [0.05, 0.1) is 12.8 Å². The molecule has 0 aliphatic carbocycles. The first kappa shape index (κ1) is 11.3. The average Bonchev–Trinajstić information content (AvgIpc) is 2.01. The van der Waals surface area contributed by atoms with Gasteiger partial charge in [0.25, 0.3) is 4.82 Å². The largest absolute Gasteiger partial charge is 0.494 e. The lowest BCUT2D eigenvalue weighted by Gasteiger charge is -2.11. The van der Waals surface area contributed by atoms with Gasteiger partial charge in [-0.25, -0.2) is 0 Å². The first-order chi connectivity index (χ1) is 6.54. The first-order valence-electron chi connectivity index (χ1n) is 3.85. The third-order valence-corrected chi connectivity index (χ3v) is 2.09. The second-order valence-corrected chi connectivity index (χ2v) is 3.86. The Labute approximate surface area is 95.5 Å². The highest BCUT2D eigenvalue weighted by atomic mass is 79.9. The van der Waals surface area contributed by atoms with Gasteiger partial charge < -0.3 is 10.1 Å². The second kappa shape index (κ2) is 4.66. The molecule has 0 fully saturated rings. The van der Waals surface area contributed by atoms with Gasteiger partial charge in [0.1, 0.15) is 5.75 Å². The van der Waals surface area contributed by atoms with Crippen molar-refractivity contribution in [1.82, 2.24) is 0 Å². The molecule has 0 unspecified atom stereocenters. The topological polar surface area (TPSA) is 38.3 Å². The van der Waals surface area contributed by atoms with E-state index >= 15 is 0 Å². The number of rotatable bonds is 2. The number of nitrogens with one attached hydrogen (secondary N) is 1. The Kier molecular flexibility index (Phi) is 3.77. The first-order valence-corrected chi connectivity index (χ1v) is 5.02. The average molecular weight is 279 g/mol. The third-order valence-electron chi connectivity index (χ3n) is 1.68. The van der Waals surface area contributed by atoms with Gasteiger partial charge >= 0.3 is 0 Å². The van der Waals surface area contributed by atoms with E-state index in [-0.39, 0.29) is 4.82 Å². The zero-order chi connectivity index (χ0) is 10.7. The number of methoxy groups -OCH3 is 1. The number of aryl methyl sites for hydroxylation is 1. The number of carbonyl (C=O) groups excluding carboxylic acids is 1. The monoisotopic (exact) mass is 277 g/mol. The minimum Gasteiger partial charge on any atom is -0.494 e. The van der Waals surface area contributed by atoms with Gasteiger partial charge in [-0.15, -0.1) is 0 Å². The van der Waals surface area contributed by atoms with E-state index in [1.807, 2.05) is 6.92 Å². The summed E-state index contributed by atoms with van der Waals surface area (Å²) in [5, 5.41) is 3.13. The van der Waals surface area contributed by atoms with Crippen LogP contribution in [0.4, 0.5) is 10.5 Å². The Hall–Kier alpha value is -0.740. The zero-order valence-electron chi connectivity index (χ0n) is 7.73. The highest BCUT2D eigenvalue weighted by molar-refractivity contribution is 9.18. The number of halogens is 2. The van der Waals surface area contributed by atoms with Crippen LogP contribution in [0.3, 0.4) is 0 Å². The van der Waals surface area contributed by atoms with E-state index < -0.39 is 0 Å². The maximum atomic E-state index is 10.8. The molecule has 1 aromatic rings. The molecule has 1 rings (SSSR count). The number of benzene rings is 1. The fraction of sp³-hybridized carbons (Fsp3) is 0.222. The Balaban J connectivity index is 3.17. The van der Waals surface area contributed by atoms with Crippen molar-refractivity contribution in [2.45, 2.75) is 6.92 Å². The molecular formula is C9H9BrClNO2. The van der Waals surface area contributed by atoms with Crippen LogP contribution >= 0.6 is 27.5 Å². The van der Waals surface area contributed by atoms with Gasteiger partial charge in [-0.1, -0.05) is 11.6 Å². The Morgan fingerprint density at radius 3 is 2.71 bits per heavy atom. The normalized spacial score (nSPS) is 9.71. The van der Waals surface area contributed by atoms with Crippen molar-refractivity contribution in [2.75, 3.05) is 12.4 Å². The lowest BCUT2D eigenvalue weighted by Crippen LogP contribution is -2.03. The molecule has 0 spiro atoms. The molecule has 1 amide bonds. The molecule has 3 nitrogen and oxygen atoms in total. The predicted octanol–water partition coefficient (Wildman–Crippen LogP) is 3.58. The van der Waals surface area contributed by atoms with Crippen LogP contribution in [-0.4, -0.2) is 11.9 Å². The fourth-order valence-corrected chi connectivity index (χ4v) is 1.69. The molecular weight excluding hydrogens is 269 g/mol. The number of amides is 1. The molecule has 0 radical (unpaired) electrons. The van der Waals surface area contributed by atoms with Crippen LogP contribution in [0.15, 0.2) is 12.1 Å². The molecule has 76 valence electrons. The van der Waals surface area contributed by atoms with Gasteiger partial charge in [-0.05, 0) is 24.6 Å². The van der Waals surface area contributed by atoms with Gasteiger partial charge in [0.2, 0.25) is 0 Å². The van der Waals surface area contributed by atoms with Gasteiger partial charge in [0, 0.05) is 21.0 Å². The van der Waals surface area contributed by atoms with Gasteiger partial charge in [0.15, 0.2) is 0 Å². The lowest BCUT2D eigenvalue weighted by atomic mass is 10.2. The summed E-state index contributed by atoms with van der Waals surface area (Å²) in [6.07, 6.45) is 0. The molecule has 5 heteroatoms. The quantitative estimate of drug-likeness (QED) is 0.663. The number of hydrogen-bond donors (Lipinski definition) is 1. The van der Waals surface area contributed by atoms with Gasteiger partial charge in [-0.2, -0.15) is 0 Å². The fourth-order valence-electron chi connectivity index (χ4n) is 1.20. The van der Waals surface area contributed by atoms with E-state index in [0.29, 0.717) is 16.5 Å². The standard InChI is InChI=1S/C9H9BrClNO2/c1-5-3-6(11)4-7(8(5)14-2)12-9(10)13/h3-4H,1-2H3,(H,12,13). The van der Waals surface area contributed by atoms with Crippen molar-refractivity contribution in [3.05, 3.63) is 22.7 Å². The van der Waals surface area contributed by atoms with Crippen molar-refractivity contribution in [3.8, 4) is 5.75 Å². The van der Waals surface area contributed by atoms with E-state index in [1.165, 1.54) is 0 Å². The Morgan fingerprint density at radius 2 is 2.21 bits per heavy atom. The molecule has 1 N–H and O–H groups in total. The van der Waals surface area contributed by atoms with Crippen LogP contribution in [0.1, 0.15) is 5.56 Å². The van der Waals surface area contributed by atoms with E-state index in [1.54, 1.807) is 19.2 Å². The van der Waals surface area contributed by atoms with Crippen molar-refractivity contribution in [1.29, 1.82) is 0 Å². The van der Waals surface area contributed by atoms with E-state index in [2.05, 4.69) is 21.2 Å².